The van der Waals surface area contributed by atoms with Crippen LogP contribution in [0, 0.1) is 10.6 Å². The fourth-order valence-electron chi connectivity index (χ4n) is 1.91. The molecule has 2 rings (SSSR count). The number of ether oxygens (including phenoxy) is 1. The quantitative estimate of drug-likeness (QED) is 0.842. The lowest BCUT2D eigenvalue weighted by Crippen LogP contribution is -2.27. The Bertz CT molecular complexity index is 775. The summed E-state index contributed by atoms with van der Waals surface area (Å²) in [6.07, 6.45) is 0.411. The van der Waals surface area contributed by atoms with E-state index in [-0.39, 0.29) is 4.68 Å². The summed E-state index contributed by atoms with van der Waals surface area (Å²) in [5, 5.41) is 2.35. The summed E-state index contributed by atoms with van der Waals surface area (Å²) >= 11 is 0. The van der Waals surface area contributed by atoms with Crippen LogP contribution in [0.3, 0.4) is 0 Å². The van der Waals surface area contributed by atoms with Crippen LogP contribution in [-0.2, 0) is 9.92 Å². The first-order valence-corrected chi connectivity index (χ1v) is 8.03. The molecule has 126 valence electrons. The van der Waals surface area contributed by atoms with Crippen molar-refractivity contribution in [2.75, 3.05) is 7.11 Å². The van der Waals surface area contributed by atoms with E-state index in [9.17, 15) is 17.4 Å². The van der Waals surface area contributed by atoms with E-state index >= 15 is 0 Å². The van der Waals surface area contributed by atoms with Gasteiger partial charge in [-0.3, -0.25) is 0 Å². The fourth-order valence-corrected chi connectivity index (χ4v) is 3.20. The molecule has 0 bridgehead atoms. The Kier molecular flexibility index (Phi) is 4.95. The van der Waals surface area contributed by atoms with E-state index in [1.54, 1.807) is 31.2 Å². The molecule has 6 nitrogen and oxygen atoms in total. The summed E-state index contributed by atoms with van der Waals surface area (Å²) in [6, 6.07) is 6.11. The average Bonchev–Trinajstić information content (AvgIpc) is 2.90. The van der Waals surface area contributed by atoms with Crippen molar-refractivity contribution in [1.82, 2.24) is 14.5 Å². The van der Waals surface area contributed by atoms with Gasteiger partial charge in [-0.05, 0) is 24.6 Å². The molecule has 2 N–H and O–H groups in total. The van der Waals surface area contributed by atoms with E-state index in [0.717, 1.165) is 0 Å². The van der Waals surface area contributed by atoms with E-state index in [1.807, 2.05) is 0 Å². The first kappa shape index (κ1) is 17.3. The molecule has 1 unspecified atom stereocenters. The van der Waals surface area contributed by atoms with Gasteiger partial charge in [0.25, 0.3) is 0 Å². The molecule has 23 heavy (non-hydrogen) atoms. The molecule has 0 aliphatic carbocycles. The molecule has 1 aromatic carbocycles. The van der Waals surface area contributed by atoms with Crippen LogP contribution < -0.4 is 9.46 Å². The standard InChI is InChI=1S/C13H15F3N4O2S/c1-8(9-3-5-10(22-2)6-4-9)19-23(17,21)12-11(14)7-20(18-12)13(15)16/h3-8,13H,1-2H3,(H2,17,19,21)/t8-,23?/m0/s1. The molecule has 10 heteroatoms. The van der Waals surface area contributed by atoms with Crippen LogP contribution in [0.15, 0.2) is 35.5 Å². The van der Waals surface area contributed by atoms with Crippen molar-refractivity contribution >= 4 is 9.92 Å². The summed E-state index contributed by atoms with van der Waals surface area (Å²) in [7, 11) is -2.38. The van der Waals surface area contributed by atoms with Gasteiger partial charge in [0, 0.05) is 6.04 Å². The second-order valence-electron chi connectivity index (χ2n) is 4.71. The van der Waals surface area contributed by atoms with Gasteiger partial charge in [-0.2, -0.15) is 13.9 Å². The van der Waals surface area contributed by atoms with Gasteiger partial charge < -0.3 is 4.74 Å². The number of alkyl halides is 2. The fraction of sp³-hybridized carbons (Fsp3) is 0.308. The maximum absolute atomic E-state index is 13.6. The van der Waals surface area contributed by atoms with Crippen molar-refractivity contribution in [1.29, 1.82) is 4.78 Å². The molecule has 2 atom stereocenters. The minimum Gasteiger partial charge on any atom is -0.497 e. The Labute approximate surface area is 131 Å². The number of nitrogens with one attached hydrogen (secondary N) is 2. The second kappa shape index (κ2) is 6.59. The zero-order chi connectivity index (χ0) is 17.2. The third-order valence-electron chi connectivity index (χ3n) is 3.09. The molecule has 0 radical (unpaired) electrons. The van der Waals surface area contributed by atoms with Crippen molar-refractivity contribution in [2.24, 2.45) is 0 Å². The zero-order valence-electron chi connectivity index (χ0n) is 12.3. The van der Waals surface area contributed by atoms with Gasteiger partial charge in [-0.25, -0.2) is 22.8 Å². The van der Waals surface area contributed by atoms with Crippen LogP contribution in [0.2, 0.25) is 0 Å². The van der Waals surface area contributed by atoms with Crippen LogP contribution in [0.5, 0.6) is 5.75 Å². The lowest BCUT2D eigenvalue weighted by molar-refractivity contribution is 0.0551. The zero-order valence-corrected chi connectivity index (χ0v) is 13.1. The first-order chi connectivity index (χ1) is 10.7. The number of hydrogen-bond donors (Lipinski definition) is 2. The number of nitrogens with zero attached hydrogens (tertiary/aromatic N) is 2. The second-order valence-corrected chi connectivity index (χ2v) is 6.44. The van der Waals surface area contributed by atoms with Gasteiger partial charge >= 0.3 is 6.55 Å². The molecule has 0 spiro atoms. The van der Waals surface area contributed by atoms with Gasteiger partial charge in [0.15, 0.2) is 15.7 Å². The van der Waals surface area contributed by atoms with E-state index in [2.05, 4.69) is 9.82 Å². The topological polar surface area (TPSA) is 80.0 Å². The van der Waals surface area contributed by atoms with Crippen LogP contribution >= 0.6 is 0 Å². The number of benzene rings is 1. The van der Waals surface area contributed by atoms with E-state index in [1.165, 1.54) is 7.11 Å². The lowest BCUT2D eigenvalue weighted by atomic mass is 10.1. The van der Waals surface area contributed by atoms with Gasteiger partial charge in [-0.1, -0.05) is 12.1 Å². The SMILES string of the molecule is COc1ccc([C@H](C)NS(=N)(=O)c2nn(C(F)F)cc2F)cc1. The number of aromatic nitrogens is 2. The Morgan fingerprint density at radius 2 is 1.96 bits per heavy atom. The molecule has 0 fully saturated rings. The number of halogens is 3. The molecule has 1 heterocycles. The molecule has 1 aromatic heterocycles. The average molecular weight is 348 g/mol. The van der Waals surface area contributed by atoms with Crippen molar-refractivity contribution in [3.8, 4) is 5.75 Å². The predicted molar refractivity (Wildman–Crippen MR) is 77.1 cm³/mol. The van der Waals surface area contributed by atoms with Crippen LogP contribution in [-0.4, -0.2) is 21.1 Å². The Morgan fingerprint density at radius 1 is 1.35 bits per heavy atom. The van der Waals surface area contributed by atoms with Crippen molar-refractivity contribution in [3.63, 3.8) is 0 Å². The molecule has 0 saturated carbocycles. The molecule has 2 aromatic rings. The molecule has 0 aliphatic rings. The minimum atomic E-state index is -3.89. The molecular formula is C13H15F3N4O2S. The van der Waals surface area contributed by atoms with Gasteiger partial charge in [0.05, 0.1) is 13.3 Å². The normalized spacial score (nSPS) is 15.4. The van der Waals surface area contributed by atoms with Crippen LogP contribution in [0.4, 0.5) is 13.2 Å². The highest BCUT2D eigenvalue weighted by Gasteiger charge is 2.24. The van der Waals surface area contributed by atoms with E-state index in [4.69, 9.17) is 9.52 Å². The van der Waals surface area contributed by atoms with Gasteiger partial charge in [0.2, 0.25) is 5.03 Å². The number of hydrogen-bond acceptors (Lipinski definition) is 4. The third kappa shape index (κ3) is 3.82. The van der Waals surface area contributed by atoms with Gasteiger partial charge in [-0.15, -0.1) is 0 Å². The largest absolute Gasteiger partial charge is 0.497 e. The van der Waals surface area contributed by atoms with E-state index in [0.29, 0.717) is 17.5 Å². The Hall–Kier alpha value is -2.07. The lowest BCUT2D eigenvalue weighted by Gasteiger charge is -2.16. The minimum absolute atomic E-state index is 0.0264. The van der Waals surface area contributed by atoms with E-state index < -0.39 is 33.3 Å². The Balaban J connectivity index is 2.23. The van der Waals surface area contributed by atoms with Crippen molar-refractivity contribution in [3.05, 3.63) is 41.8 Å². The summed E-state index contributed by atoms with van der Waals surface area (Å²) < 4.78 is 66.2. The summed E-state index contributed by atoms with van der Waals surface area (Å²) in [6.45, 7) is -1.47. The highest BCUT2D eigenvalue weighted by atomic mass is 32.2. The third-order valence-corrected chi connectivity index (χ3v) is 4.59. The maximum Gasteiger partial charge on any atom is 0.333 e. The number of rotatable bonds is 6. The highest BCUT2D eigenvalue weighted by Crippen LogP contribution is 2.22. The van der Waals surface area contributed by atoms with Crippen LogP contribution in [0.25, 0.3) is 0 Å². The predicted octanol–water partition coefficient (Wildman–Crippen LogP) is 3.10. The maximum atomic E-state index is 13.6. The molecular weight excluding hydrogens is 333 g/mol. The summed E-state index contributed by atoms with van der Waals surface area (Å²) in [5.41, 5.74) is 0.666. The molecule has 0 saturated heterocycles. The van der Waals surface area contributed by atoms with Crippen molar-refractivity contribution in [2.45, 2.75) is 24.5 Å². The van der Waals surface area contributed by atoms with Crippen LogP contribution in [0.1, 0.15) is 25.1 Å². The summed E-state index contributed by atoms with van der Waals surface area (Å²) in [4.78, 5) is 0. The van der Waals surface area contributed by atoms with Gasteiger partial charge in [0.1, 0.15) is 5.75 Å². The summed E-state index contributed by atoms with van der Waals surface area (Å²) in [5.74, 6) is -0.603. The molecule has 0 aliphatic heterocycles. The number of methoxy groups -OCH3 is 1. The Morgan fingerprint density at radius 3 is 2.43 bits per heavy atom. The molecule has 0 amide bonds. The first-order valence-electron chi connectivity index (χ1n) is 6.47. The van der Waals surface area contributed by atoms with Crippen molar-refractivity contribution < 1.29 is 22.1 Å². The highest BCUT2D eigenvalue weighted by molar-refractivity contribution is 7.90. The monoisotopic (exact) mass is 348 g/mol. The smallest absolute Gasteiger partial charge is 0.333 e.